The maximum Gasteiger partial charge on any atom is 0.483 e. The van der Waals surface area contributed by atoms with Crippen molar-refractivity contribution in [3.05, 3.63) is 12.7 Å². The molecule has 5 heterocycles. The molecule has 0 spiro atoms. The van der Waals surface area contributed by atoms with E-state index in [1.54, 1.807) is 13.8 Å². The average molecular weight is 659 g/mol. The first-order valence-electron chi connectivity index (χ1n) is 12.6. The number of aliphatic hydroxyl groups excluding tert-OH is 5. The summed E-state index contributed by atoms with van der Waals surface area (Å²) in [6, 6.07) is 0. The van der Waals surface area contributed by atoms with E-state index in [0.717, 1.165) is 0 Å². The minimum atomic E-state index is -5.61. The predicted octanol–water partition coefficient (Wildman–Crippen LogP) is -2.76. The van der Waals surface area contributed by atoms with E-state index >= 15 is 0 Å². The third kappa shape index (κ3) is 6.63. The van der Waals surface area contributed by atoms with Crippen LogP contribution in [0.5, 0.6) is 0 Å². The fourth-order valence-electron chi connectivity index (χ4n) is 4.93. The first-order valence-corrected chi connectivity index (χ1v) is 15.6. The molecule has 6 unspecified atom stereocenters. The van der Waals surface area contributed by atoms with Crippen molar-refractivity contribution >= 4 is 32.6 Å². The summed E-state index contributed by atoms with van der Waals surface area (Å²) < 4.78 is 63.3. The highest BCUT2D eigenvalue weighted by Gasteiger charge is 2.57. The topological polar surface area (TPSA) is 310 Å². The normalized spacial score (nSPS) is 37.6. The third-order valence-corrected chi connectivity index (χ3v) is 9.41. The lowest BCUT2D eigenvalue weighted by molar-refractivity contribution is -0.292. The molecule has 2 aromatic rings. The lowest BCUT2D eigenvalue weighted by Gasteiger charge is -2.41. The van der Waals surface area contributed by atoms with Gasteiger partial charge in [0.05, 0.1) is 19.5 Å². The van der Waals surface area contributed by atoms with Crippen molar-refractivity contribution < 1.29 is 76.8 Å². The van der Waals surface area contributed by atoms with Crippen molar-refractivity contribution in [3.63, 3.8) is 0 Å². The molecule has 3 aliphatic heterocycles. The Morgan fingerprint density at radius 1 is 1.05 bits per heavy atom. The first kappa shape index (κ1) is 32.6. The Morgan fingerprint density at radius 3 is 2.44 bits per heavy atom. The Hall–Kier alpha value is -1.75. The molecule has 23 heteroatoms. The van der Waals surface area contributed by atoms with Crippen molar-refractivity contribution in [2.75, 3.05) is 18.9 Å². The number of hydrogen-bond acceptors (Lipinski definition) is 18. The molecule has 9 N–H and O–H groups in total. The molecule has 2 aromatic heterocycles. The largest absolute Gasteiger partial charge is 0.483 e. The van der Waals surface area contributed by atoms with Gasteiger partial charge in [-0.15, -0.1) is 0 Å². The van der Waals surface area contributed by atoms with Gasteiger partial charge in [-0.25, -0.2) is 24.1 Å². The van der Waals surface area contributed by atoms with Gasteiger partial charge in [0, 0.05) is 0 Å². The van der Waals surface area contributed by atoms with Crippen LogP contribution in [0.3, 0.4) is 0 Å². The molecule has 3 saturated heterocycles. The Kier molecular flexibility index (Phi) is 9.02. The summed E-state index contributed by atoms with van der Waals surface area (Å²) in [5.41, 5.74) is 6.46. The van der Waals surface area contributed by atoms with Gasteiger partial charge in [-0.3, -0.25) is 13.6 Å². The minimum Gasteiger partial charge on any atom is -0.394 e. The van der Waals surface area contributed by atoms with Crippen LogP contribution in [0.4, 0.5) is 5.82 Å². The molecule has 0 aliphatic carbocycles. The number of ether oxygens (including phenoxy) is 4. The number of imidazole rings is 1. The standard InChI is InChI=1S/C20H31N5O16P2/c1-20(2)38-14-8(36-18(15(14)39-20)25-6-24-9-16(21)22-5-23-17(9)25)4-35-42(31,32)41-43(33,34)40-19-12(30)10(28)11(29)13(37-19)7(27)3-26/h5-8,10-15,18-19,26-30H,3-4H2,1-2H3,(H,31,32)(H,33,34)(H2,21,22,23)/t7-,8-,10+,11+,12?,13?,14?,15+,18-,19?/m1/s1. The van der Waals surface area contributed by atoms with Crippen LogP contribution in [0, 0.1) is 0 Å². The summed E-state index contributed by atoms with van der Waals surface area (Å²) in [6.45, 7) is 1.58. The smallest absolute Gasteiger partial charge is 0.394 e. The maximum atomic E-state index is 12.6. The van der Waals surface area contributed by atoms with Crippen LogP contribution in [0.15, 0.2) is 12.7 Å². The fraction of sp³-hybridized carbons (Fsp3) is 0.750. The van der Waals surface area contributed by atoms with Crippen LogP contribution < -0.4 is 5.73 Å². The molecular formula is C20H31N5O16P2. The fourth-order valence-corrected chi connectivity index (χ4v) is 7.09. The van der Waals surface area contributed by atoms with E-state index in [1.807, 2.05) is 0 Å². The van der Waals surface area contributed by atoms with Crippen LogP contribution in [0.25, 0.3) is 11.2 Å². The van der Waals surface area contributed by atoms with E-state index in [9.17, 15) is 39.3 Å². The molecule has 3 aliphatic rings. The van der Waals surface area contributed by atoms with Gasteiger partial charge in [0.25, 0.3) is 0 Å². The second-order valence-electron chi connectivity index (χ2n) is 10.3. The second kappa shape index (κ2) is 11.9. The summed E-state index contributed by atoms with van der Waals surface area (Å²) in [5.74, 6) is -0.984. The Morgan fingerprint density at radius 2 is 1.74 bits per heavy atom. The first-order chi connectivity index (χ1) is 20.0. The van der Waals surface area contributed by atoms with Gasteiger partial charge in [-0.05, 0) is 13.8 Å². The molecule has 21 nitrogen and oxygen atoms in total. The lowest BCUT2D eigenvalue weighted by Crippen LogP contribution is -2.61. The number of phosphoric ester groups is 2. The molecule has 0 radical (unpaired) electrons. The number of nitrogen functional groups attached to an aromatic ring is 1. The highest BCUT2D eigenvalue weighted by Crippen LogP contribution is 2.61. The quantitative estimate of drug-likeness (QED) is 0.120. The van der Waals surface area contributed by atoms with Crippen molar-refractivity contribution in [3.8, 4) is 0 Å². The third-order valence-electron chi connectivity index (χ3n) is 6.80. The SMILES string of the molecule is CC1(C)OC2[C@@H](COP(=O)(O)OP(=O)(O)OC3OC([C@H](O)CO)[C@@H](O)[C@H](O)C3O)O[C@@H](n3cnc4c(N)ncnc43)[C@H]2O1. The highest BCUT2D eigenvalue weighted by atomic mass is 31.3. The number of anilines is 1. The molecule has 0 bridgehead atoms. The van der Waals surface area contributed by atoms with Gasteiger partial charge in [-0.1, -0.05) is 0 Å². The minimum absolute atomic E-state index is 0.119. The van der Waals surface area contributed by atoms with Crippen LogP contribution in [0.1, 0.15) is 20.1 Å². The van der Waals surface area contributed by atoms with Crippen LogP contribution in [-0.4, -0.2) is 129 Å². The summed E-state index contributed by atoms with van der Waals surface area (Å²) in [7, 11) is -11.0. The van der Waals surface area contributed by atoms with Crippen molar-refractivity contribution in [2.45, 2.75) is 81.0 Å². The Balaban J connectivity index is 1.26. The number of phosphoric acid groups is 2. The molecule has 0 amide bonds. The molecule has 242 valence electrons. The zero-order valence-electron chi connectivity index (χ0n) is 22.4. The average Bonchev–Trinajstić information content (AvgIpc) is 3.58. The summed E-state index contributed by atoms with van der Waals surface area (Å²) in [5, 5.41) is 48.9. The summed E-state index contributed by atoms with van der Waals surface area (Å²) >= 11 is 0. The molecule has 5 rings (SSSR count). The van der Waals surface area contributed by atoms with Gasteiger partial charge >= 0.3 is 15.6 Å². The van der Waals surface area contributed by atoms with E-state index in [4.69, 9.17) is 34.3 Å². The monoisotopic (exact) mass is 659 g/mol. The van der Waals surface area contributed by atoms with Crippen molar-refractivity contribution in [2.24, 2.45) is 0 Å². The van der Waals surface area contributed by atoms with Gasteiger partial charge in [0.15, 0.2) is 29.8 Å². The van der Waals surface area contributed by atoms with Gasteiger partial charge < -0.3 is 60.0 Å². The molecule has 0 saturated carbocycles. The van der Waals surface area contributed by atoms with E-state index in [-0.39, 0.29) is 5.82 Å². The molecule has 12 atom stereocenters. The Bertz CT molecular complexity index is 1410. The summed E-state index contributed by atoms with van der Waals surface area (Å²) in [6.07, 6.45) is -13.1. The second-order valence-corrected chi connectivity index (χ2v) is 13.3. The van der Waals surface area contributed by atoms with Crippen LogP contribution in [-0.2, 0) is 41.4 Å². The number of aliphatic hydroxyl groups is 5. The molecule has 3 fully saturated rings. The molecule has 0 aromatic carbocycles. The number of nitrogens with zero attached hydrogens (tertiary/aromatic N) is 4. The number of aromatic nitrogens is 4. The molecule has 43 heavy (non-hydrogen) atoms. The van der Waals surface area contributed by atoms with E-state index < -0.39 is 96.0 Å². The van der Waals surface area contributed by atoms with Crippen LogP contribution >= 0.6 is 15.6 Å². The van der Waals surface area contributed by atoms with Gasteiger partial charge in [0.2, 0.25) is 0 Å². The maximum absolute atomic E-state index is 12.6. The number of hydrogen-bond donors (Lipinski definition) is 8. The van der Waals surface area contributed by atoms with E-state index in [2.05, 4.69) is 23.8 Å². The number of rotatable bonds is 10. The van der Waals surface area contributed by atoms with E-state index in [1.165, 1.54) is 17.2 Å². The lowest BCUT2D eigenvalue weighted by atomic mass is 9.96. The van der Waals surface area contributed by atoms with Gasteiger partial charge in [-0.2, -0.15) is 4.31 Å². The highest BCUT2D eigenvalue weighted by molar-refractivity contribution is 7.61. The zero-order valence-corrected chi connectivity index (χ0v) is 24.2. The van der Waals surface area contributed by atoms with Gasteiger partial charge in [0.1, 0.15) is 60.7 Å². The summed E-state index contributed by atoms with van der Waals surface area (Å²) in [4.78, 5) is 32.5. The van der Waals surface area contributed by atoms with Crippen molar-refractivity contribution in [1.82, 2.24) is 19.5 Å². The number of fused-ring (bicyclic) bond motifs is 2. The van der Waals surface area contributed by atoms with Crippen molar-refractivity contribution in [1.29, 1.82) is 0 Å². The zero-order chi connectivity index (χ0) is 31.5. The number of nitrogens with two attached hydrogens (primary N) is 1. The van der Waals surface area contributed by atoms with E-state index in [0.29, 0.717) is 11.2 Å². The van der Waals surface area contributed by atoms with Crippen LogP contribution in [0.2, 0.25) is 0 Å². The predicted molar refractivity (Wildman–Crippen MR) is 135 cm³/mol. The Labute approximate surface area is 241 Å². The molecular weight excluding hydrogens is 628 g/mol.